The van der Waals surface area contributed by atoms with Crippen LogP contribution < -0.4 is 0 Å². The fourth-order valence-electron chi connectivity index (χ4n) is 3.21. The first kappa shape index (κ1) is 24.9. The summed E-state index contributed by atoms with van der Waals surface area (Å²) in [5.41, 5.74) is -0.857. The van der Waals surface area contributed by atoms with Crippen molar-refractivity contribution in [1.29, 1.82) is 0 Å². The summed E-state index contributed by atoms with van der Waals surface area (Å²) in [5, 5.41) is 17.9. The molecule has 0 saturated heterocycles. The number of carboxylic acid groups (broad SMARTS) is 2. The molecule has 0 unspecified atom stereocenters. The van der Waals surface area contributed by atoms with Gasteiger partial charge in [0.2, 0.25) is 0 Å². The van der Waals surface area contributed by atoms with E-state index >= 15 is 0 Å². The fourth-order valence-corrected chi connectivity index (χ4v) is 3.21. The highest BCUT2D eigenvalue weighted by atomic mass is 16.4. The van der Waals surface area contributed by atoms with E-state index in [0.29, 0.717) is 6.42 Å². The van der Waals surface area contributed by atoms with Gasteiger partial charge in [-0.15, -0.1) is 0 Å². The topological polar surface area (TPSA) is 74.6 Å². The third kappa shape index (κ3) is 10.8. The number of hydrogen-bond donors (Lipinski definition) is 2. The minimum Gasteiger partial charge on any atom is -0.481 e. The number of rotatable bonds is 17. The molecule has 0 fully saturated rings. The predicted molar refractivity (Wildman–Crippen MR) is 107 cm³/mol. The van der Waals surface area contributed by atoms with Crippen LogP contribution in [0.5, 0.6) is 0 Å². The Balaban J connectivity index is 3.47. The molecule has 2 N–H and O–H groups in total. The van der Waals surface area contributed by atoms with Crippen molar-refractivity contribution < 1.29 is 19.8 Å². The Hall–Kier alpha value is -1.06. The molecule has 0 aromatic heterocycles. The van der Waals surface area contributed by atoms with Crippen molar-refractivity contribution in [3.8, 4) is 0 Å². The molecule has 0 rings (SSSR count). The van der Waals surface area contributed by atoms with E-state index < -0.39 is 17.4 Å². The van der Waals surface area contributed by atoms with E-state index in [2.05, 4.69) is 13.8 Å². The van der Waals surface area contributed by atoms with Crippen LogP contribution in [0, 0.1) is 10.8 Å². The molecule has 0 spiro atoms. The van der Waals surface area contributed by atoms with Crippen molar-refractivity contribution in [3.63, 3.8) is 0 Å². The summed E-state index contributed by atoms with van der Waals surface area (Å²) < 4.78 is 0. The Labute approximate surface area is 160 Å². The van der Waals surface area contributed by atoms with Gasteiger partial charge < -0.3 is 10.2 Å². The van der Waals surface area contributed by atoms with Crippen LogP contribution in [0.3, 0.4) is 0 Å². The zero-order valence-electron chi connectivity index (χ0n) is 17.6. The van der Waals surface area contributed by atoms with Crippen molar-refractivity contribution >= 4 is 11.9 Å². The van der Waals surface area contributed by atoms with Gasteiger partial charge in [-0.05, 0) is 32.1 Å². The van der Waals surface area contributed by atoms with Crippen molar-refractivity contribution in [2.24, 2.45) is 10.8 Å². The number of hydrogen-bond acceptors (Lipinski definition) is 2. The van der Waals surface area contributed by atoms with Crippen LogP contribution in [0.2, 0.25) is 0 Å². The molecule has 0 aromatic carbocycles. The SMILES string of the molecule is CC(C)(CCCCCCCCCCCCCCC(=O)O)C(C)(C)C(=O)O. The van der Waals surface area contributed by atoms with Gasteiger partial charge in [0.1, 0.15) is 0 Å². The molecule has 0 radical (unpaired) electrons. The Morgan fingerprint density at radius 2 is 0.962 bits per heavy atom. The maximum atomic E-state index is 11.4. The van der Waals surface area contributed by atoms with Crippen molar-refractivity contribution in [1.82, 2.24) is 0 Å². The lowest BCUT2D eigenvalue weighted by Crippen LogP contribution is -2.39. The highest BCUT2D eigenvalue weighted by Gasteiger charge is 2.42. The van der Waals surface area contributed by atoms with Crippen LogP contribution >= 0.6 is 0 Å². The van der Waals surface area contributed by atoms with Crippen LogP contribution in [0.1, 0.15) is 118 Å². The summed E-state index contributed by atoms with van der Waals surface area (Å²) >= 11 is 0. The lowest BCUT2D eigenvalue weighted by atomic mass is 9.65. The number of carbonyl (C=O) groups is 2. The molecule has 26 heavy (non-hydrogen) atoms. The third-order valence-electron chi connectivity index (χ3n) is 6.17. The van der Waals surface area contributed by atoms with Crippen LogP contribution in [0.25, 0.3) is 0 Å². The number of unbranched alkanes of at least 4 members (excludes halogenated alkanes) is 11. The van der Waals surface area contributed by atoms with E-state index in [9.17, 15) is 14.7 Å². The highest BCUT2D eigenvalue weighted by Crippen LogP contribution is 2.42. The molecule has 0 saturated carbocycles. The highest BCUT2D eigenvalue weighted by molar-refractivity contribution is 5.74. The standard InChI is InChI=1S/C22H42O4/c1-21(2,22(3,4)20(25)26)18-16-14-12-10-8-6-5-7-9-11-13-15-17-19(23)24/h5-18H2,1-4H3,(H,23,24)(H,25,26). The van der Waals surface area contributed by atoms with Gasteiger partial charge in [-0.3, -0.25) is 9.59 Å². The Morgan fingerprint density at radius 1 is 0.615 bits per heavy atom. The fraction of sp³-hybridized carbons (Fsp3) is 0.909. The Kier molecular flexibility index (Phi) is 12.6. The van der Waals surface area contributed by atoms with Gasteiger partial charge in [0.15, 0.2) is 0 Å². The molecule has 4 nitrogen and oxygen atoms in total. The Bertz CT molecular complexity index is 399. The predicted octanol–water partition coefficient (Wildman–Crippen LogP) is 6.67. The summed E-state index contributed by atoms with van der Waals surface area (Å²) in [4.78, 5) is 21.8. The maximum absolute atomic E-state index is 11.4. The first-order valence-corrected chi connectivity index (χ1v) is 10.6. The molecular formula is C22H42O4. The van der Waals surface area contributed by atoms with Gasteiger partial charge in [0.05, 0.1) is 5.41 Å². The van der Waals surface area contributed by atoms with Crippen molar-refractivity contribution in [2.75, 3.05) is 0 Å². The first-order valence-electron chi connectivity index (χ1n) is 10.6. The maximum Gasteiger partial charge on any atom is 0.309 e. The largest absolute Gasteiger partial charge is 0.481 e. The minimum atomic E-state index is -0.704. The smallest absolute Gasteiger partial charge is 0.309 e. The monoisotopic (exact) mass is 370 g/mol. The van der Waals surface area contributed by atoms with Crippen LogP contribution in [-0.4, -0.2) is 22.2 Å². The molecule has 154 valence electrons. The molecule has 4 heteroatoms. The van der Waals surface area contributed by atoms with Crippen LogP contribution in [0.4, 0.5) is 0 Å². The molecule has 0 aromatic rings. The molecule has 0 heterocycles. The van der Waals surface area contributed by atoms with Gasteiger partial charge in [-0.25, -0.2) is 0 Å². The summed E-state index contributed by atoms with van der Waals surface area (Å²) in [6, 6.07) is 0. The molecular weight excluding hydrogens is 328 g/mol. The summed E-state index contributed by atoms with van der Waals surface area (Å²) in [6.07, 6.45) is 15.5. The first-order chi connectivity index (χ1) is 12.1. The van der Waals surface area contributed by atoms with E-state index in [4.69, 9.17) is 5.11 Å². The van der Waals surface area contributed by atoms with E-state index in [1.807, 2.05) is 13.8 Å². The Morgan fingerprint density at radius 3 is 1.31 bits per heavy atom. The quantitative estimate of drug-likeness (QED) is 0.280. The molecule has 0 atom stereocenters. The van der Waals surface area contributed by atoms with Crippen molar-refractivity contribution in [2.45, 2.75) is 118 Å². The van der Waals surface area contributed by atoms with Gasteiger partial charge in [0.25, 0.3) is 0 Å². The number of carboxylic acids is 2. The van der Waals surface area contributed by atoms with Gasteiger partial charge >= 0.3 is 11.9 Å². The van der Waals surface area contributed by atoms with Crippen LogP contribution in [0.15, 0.2) is 0 Å². The van der Waals surface area contributed by atoms with Crippen LogP contribution in [-0.2, 0) is 9.59 Å². The number of aliphatic carboxylic acids is 2. The zero-order chi connectivity index (χ0) is 20.1. The lowest BCUT2D eigenvalue weighted by Gasteiger charge is -2.38. The third-order valence-corrected chi connectivity index (χ3v) is 6.17. The summed E-state index contributed by atoms with van der Waals surface area (Å²) in [6.45, 7) is 7.81. The molecule has 0 amide bonds. The second kappa shape index (κ2) is 13.2. The van der Waals surface area contributed by atoms with Gasteiger partial charge in [0, 0.05) is 6.42 Å². The van der Waals surface area contributed by atoms with Gasteiger partial charge in [-0.2, -0.15) is 0 Å². The molecule has 0 aliphatic rings. The lowest BCUT2D eigenvalue weighted by molar-refractivity contribution is -0.154. The second-order valence-corrected chi connectivity index (χ2v) is 8.95. The average Bonchev–Trinajstić information content (AvgIpc) is 2.54. The summed E-state index contributed by atoms with van der Waals surface area (Å²) in [7, 11) is 0. The normalized spacial score (nSPS) is 12.3. The van der Waals surface area contributed by atoms with E-state index in [-0.39, 0.29) is 5.41 Å². The molecule has 0 bridgehead atoms. The second-order valence-electron chi connectivity index (χ2n) is 8.95. The van der Waals surface area contributed by atoms with E-state index in [1.54, 1.807) is 0 Å². The van der Waals surface area contributed by atoms with E-state index in [1.165, 1.54) is 51.4 Å². The molecule has 0 aliphatic heterocycles. The van der Waals surface area contributed by atoms with E-state index in [0.717, 1.165) is 32.1 Å². The zero-order valence-corrected chi connectivity index (χ0v) is 17.6. The average molecular weight is 371 g/mol. The minimum absolute atomic E-state index is 0.177. The summed E-state index contributed by atoms with van der Waals surface area (Å²) in [5.74, 6) is -1.39. The van der Waals surface area contributed by atoms with Crippen molar-refractivity contribution in [3.05, 3.63) is 0 Å². The van der Waals surface area contributed by atoms with Gasteiger partial charge in [-0.1, -0.05) is 84.5 Å². The molecule has 0 aliphatic carbocycles.